The van der Waals surface area contributed by atoms with E-state index in [0.29, 0.717) is 5.82 Å². The standard InChI is InChI=1S/C52H31N3OS/c1-4-14-32(15-5-1)44-31-45(54-52(53-44)33-16-6-2-7-17-33)43-24-13-23-41-42-29-28-39-37-27-26-34(36-21-12-22-40-38-20-10-11-25-47(38)56-49(36)40)30-46(37)55(35-18-8-3-9-19-35)48(39)51(42)57-50(41)43/h1-31H. The van der Waals surface area contributed by atoms with E-state index >= 15 is 0 Å². The lowest BCUT2D eigenvalue weighted by molar-refractivity contribution is 0.670. The number of thiophene rings is 1. The first-order valence-electron chi connectivity index (χ1n) is 19.2. The van der Waals surface area contributed by atoms with Gasteiger partial charge in [0, 0.05) is 65.0 Å². The minimum absolute atomic E-state index is 0.714. The van der Waals surface area contributed by atoms with Gasteiger partial charge in [-0.25, -0.2) is 9.97 Å². The monoisotopic (exact) mass is 745 g/mol. The molecule has 12 aromatic rings. The zero-order valence-corrected chi connectivity index (χ0v) is 31.4. The topological polar surface area (TPSA) is 43.9 Å². The highest BCUT2D eigenvalue weighted by Crippen LogP contribution is 2.47. The number of para-hydroxylation sites is 3. The van der Waals surface area contributed by atoms with Crippen molar-refractivity contribution in [2.75, 3.05) is 0 Å². The molecule has 0 spiro atoms. The Morgan fingerprint density at radius 2 is 1.05 bits per heavy atom. The van der Waals surface area contributed by atoms with E-state index in [1.165, 1.54) is 36.5 Å². The third-order valence-corrected chi connectivity index (χ3v) is 12.5. The van der Waals surface area contributed by atoms with Crippen LogP contribution in [0.5, 0.6) is 0 Å². The maximum Gasteiger partial charge on any atom is 0.160 e. The lowest BCUT2D eigenvalue weighted by atomic mass is 10.0. The second-order valence-corrected chi connectivity index (χ2v) is 15.5. The number of hydrogen-bond donors (Lipinski definition) is 0. The fraction of sp³-hybridized carbons (Fsp3) is 0. The van der Waals surface area contributed by atoms with Gasteiger partial charge in [0.1, 0.15) is 11.2 Å². The van der Waals surface area contributed by atoms with E-state index in [-0.39, 0.29) is 0 Å². The lowest BCUT2D eigenvalue weighted by Crippen LogP contribution is -1.95. The molecule has 0 saturated heterocycles. The number of fused-ring (bicyclic) bond motifs is 10. The fourth-order valence-corrected chi connectivity index (χ4v) is 9.96. The van der Waals surface area contributed by atoms with Crippen molar-refractivity contribution in [1.82, 2.24) is 14.5 Å². The van der Waals surface area contributed by atoms with Crippen LogP contribution in [0.1, 0.15) is 0 Å². The van der Waals surface area contributed by atoms with Gasteiger partial charge in [-0.15, -0.1) is 11.3 Å². The van der Waals surface area contributed by atoms with Gasteiger partial charge in [-0.3, -0.25) is 0 Å². The highest BCUT2D eigenvalue weighted by Gasteiger charge is 2.21. The molecule has 0 radical (unpaired) electrons. The largest absolute Gasteiger partial charge is 0.455 e. The van der Waals surface area contributed by atoms with E-state index in [1.807, 2.05) is 47.7 Å². The normalized spacial score (nSPS) is 11.9. The summed E-state index contributed by atoms with van der Waals surface area (Å²) in [6.45, 7) is 0. The molecule has 8 aromatic carbocycles. The van der Waals surface area contributed by atoms with Crippen LogP contribution in [-0.4, -0.2) is 14.5 Å². The zero-order chi connectivity index (χ0) is 37.5. The van der Waals surface area contributed by atoms with E-state index in [2.05, 4.69) is 156 Å². The summed E-state index contributed by atoms with van der Waals surface area (Å²) in [5.74, 6) is 0.714. The van der Waals surface area contributed by atoms with Crippen LogP contribution >= 0.6 is 11.3 Å². The quantitative estimate of drug-likeness (QED) is 0.176. The average Bonchev–Trinajstić information content (AvgIpc) is 3.97. The summed E-state index contributed by atoms with van der Waals surface area (Å²) in [5.41, 5.74) is 12.5. The van der Waals surface area contributed by atoms with Crippen LogP contribution in [0.3, 0.4) is 0 Å². The van der Waals surface area contributed by atoms with Gasteiger partial charge in [-0.1, -0.05) is 158 Å². The lowest BCUT2D eigenvalue weighted by Gasteiger charge is -2.10. The molecule has 0 amide bonds. The Morgan fingerprint density at radius 1 is 0.421 bits per heavy atom. The third kappa shape index (κ3) is 4.99. The highest BCUT2D eigenvalue weighted by atomic mass is 32.1. The average molecular weight is 746 g/mol. The van der Waals surface area contributed by atoms with Crippen LogP contribution in [-0.2, 0) is 0 Å². The molecule has 0 atom stereocenters. The number of hydrogen-bond acceptors (Lipinski definition) is 4. The Labute approximate surface area is 331 Å². The molecule has 4 aromatic heterocycles. The molecule has 0 unspecified atom stereocenters. The molecule has 12 rings (SSSR count). The van der Waals surface area contributed by atoms with E-state index in [1.54, 1.807) is 0 Å². The SMILES string of the molecule is c1ccc(-c2cc(-c3cccc4c3sc3c4ccc4c5ccc(-c6cccc7c6oc6ccccc67)cc5n(-c5ccccc5)c43)nc(-c3ccccc3)n2)cc1. The Bertz CT molecular complexity index is 3450. The molecule has 0 bridgehead atoms. The van der Waals surface area contributed by atoms with Gasteiger partial charge in [-0.05, 0) is 35.9 Å². The molecule has 4 heterocycles. The van der Waals surface area contributed by atoms with E-state index in [0.717, 1.165) is 72.3 Å². The van der Waals surface area contributed by atoms with Crippen molar-refractivity contribution in [3.63, 3.8) is 0 Å². The second-order valence-electron chi connectivity index (χ2n) is 14.5. The molecule has 266 valence electrons. The molecule has 0 aliphatic rings. The first kappa shape index (κ1) is 32.0. The van der Waals surface area contributed by atoms with E-state index < -0.39 is 0 Å². The predicted molar refractivity (Wildman–Crippen MR) is 238 cm³/mol. The van der Waals surface area contributed by atoms with Crippen molar-refractivity contribution in [3.05, 3.63) is 188 Å². The molecular formula is C52H31N3OS. The van der Waals surface area contributed by atoms with Crippen molar-refractivity contribution >= 4 is 75.3 Å². The van der Waals surface area contributed by atoms with E-state index in [9.17, 15) is 0 Å². The van der Waals surface area contributed by atoms with Gasteiger partial charge < -0.3 is 8.98 Å². The summed E-state index contributed by atoms with van der Waals surface area (Å²) < 4.78 is 11.4. The number of aromatic nitrogens is 3. The first-order valence-corrected chi connectivity index (χ1v) is 20.0. The molecule has 0 fully saturated rings. The van der Waals surface area contributed by atoms with Crippen LogP contribution in [0.25, 0.3) is 115 Å². The van der Waals surface area contributed by atoms with Gasteiger partial charge in [0.2, 0.25) is 0 Å². The number of furan rings is 1. The maximum atomic E-state index is 6.51. The summed E-state index contributed by atoms with van der Waals surface area (Å²) >= 11 is 1.85. The molecule has 0 N–H and O–H groups in total. The fourth-order valence-electron chi connectivity index (χ4n) is 8.60. The van der Waals surface area contributed by atoms with Crippen molar-refractivity contribution in [3.8, 4) is 50.7 Å². The Balaban J connectivity index is 1.12. The molecule has 0 aliphatic heterocycles. The van der Waals surface area contributed by atoms with Crippen LogP contribution < -0.4 is 0 Å². The summed E-state index contributed by atoms with van der Waals surface area (Å²) in [7, 11) is 0. The Morgan fingerprint density at radius 3 is 1.88 bits per heavy atom. The number of nitrogens with zero attached hydrogens (tertiary/aromatic N) is 3. The third-order valence-electron chi connectivity index (χ3n) is 11.2. The first-order chi connectivity index (χ1) is 28.3. The van der Waals surface area contributed by atoms with Gasteiger partial charge in [0.25, 0.3) is 0 Å². The number of rotatable bonds is 5. The summed E-state index contributed by atoms with van der Waals surface area (Å²) in [4.78, 5) is 10.3. The molecular weight excluding hydrogens is 715 g/mol. The molecule has 0 aliphatic carbocycles. The number of benzene rings is 8. The van der Waals surface area contributed by atoms with Crippen LogP contribution in [0.15, 0.2) is 192 Å². The van der Waals surface area contributed by atoms with Crippen molar-refractivity contribution in [1.29, 1.82) is 0 Å². The van der Waals surface area contributed by atoms with Crippen LogP contribution in [0, 0.1) is 0 Å². The minimum Gasteiger partial charge on any atom is -0.455 e. The highest BCUT2D eigenvalue weighted by molar-refractivity contribution is 7.27. The summed E-state index contributed by atoms with van der Waals surface area (Å²) in [6.07, 6.45) is 0. The minimum atomic E-state index is 0.714. The van der Waals surface area contributed by atoms with Crippen molar-refractivity contribution in [2.24, 2.45) is 0 Å². The van der Waals surface area contributed by atoms with Gasteiger partial charge in [-0.2, -0.15) is 0 Å². The molecule has 0 saturated carbocycles. The second kappa shape index (κ2) is 12.6. The van der Waals surface area contributed by atoms with Gasteiger partial charge >= 0.3 is 0 Å². The van der Waals surface area contributed by atoms with Crippen LogP contribution in [0.4, 0.5) is 0 Å². The molecule has 4 nitrogen and oxygen atoms in total. The van der Waals surface area contributed by atoms with Crippen LogP contribution in [0.2, 0.25) is 0 Å². The van der Waals surface area contributed by atoms with Crippen molar-refractivity contribution in [2.45, 2.75) is 0 Å². The van der Waals surface area contributed by atoms with Gasteiger partial charge in [0.05, 0.1) is 27.1 Å². The smallest absolute Gasteiger partial charge is 0.160 e. The van der Waals surface area contributed by atoms with Crippen molar-refractivity contribution < 1.29 is 4.42 Å². The van der Waals surface area contributed by atoms with Gasteiger partial charge in [0.15, 0.2) is 5.82 Å². The molecule has 57 heavy (non-hydrogen) atoms. The zero-order valence-electron chi connectivity index (χ0n) is 30.6. The molecule has 5 heteroatoms. The summed E-state index contributed by atoms with van der Waals surface area (Å²) in [5, 5.41) is 7.15. The Kier molecular flexibility index (Phi) is 7.06. The summed E-state index contributed by atoms with van der Waals surface area (Å²) in [6, 6.07) is 66.4. The van der Waals surface area contributed by atoms with E-state index in [4.69, 9.17) is 14.4 Å². The Hall–Kier alpha value is -7.34. The maximum absolute atomic E-state index is 6.51. The predicted octanol–water partition coefficient (Wildman–Crippen LogP) is 14.5.